The molecule has 2 heterocycles. The van der Waals surface area contributed by atoms with Crippen LogP contribution in [-0.2, 0) is 37.3 Å². The normalized spacial score (nSPS) is 21.2. The second kappa shape index (κ2) is 16.4. The van der Waals surface area contributed by atoms with Gasteiger partial charge < -0.3 is 5.11 Å². The number of aromatic nitrogens is 3. The van der Waals surface area contributed by atoms with E-state index in [0.29, 0.717) is 17.2 Å². The van der Waals surface area contributed by atoms with Gasteiger partial charge in [-0.05, 0) is 82.5 Å². The third kappa shape index (κ3) is 8.66. The zero-order chi connectivity index (χ0) is 68.8. The summed E-state index contributed by atoms with van der Waals surface area (Å²) in [5.41, 5.74) is -16.0. The van der Waals surface area contributed by atoms with Crippen molar-refractivity contribution in [3.63, 3.8) is 0 Å². The number of benzene rings is 6. The molecule has 0 spiro atoms. The first-order chi connectivity index (χ1) is 41.2. The molecule has 0 atom stereocenters. The number of phenolic OH excluding ortho intramolecular Hbond substituents is 1. The van der Waals surface area contributed by atoms with Crippen molar-refractivity contribution < 1.29 is 68.7 Å². The number of fused-ring (bicyclic) bond motifs is 1. The van der Waals surface area contributed by atoms with Gasteiger partial charge in [-0.25, -0.2) is 4.98 Å². The van der Waals surface area contributed by atoms with Gasteiger partial charge >= 0.3 is 0 Å². The number of phenols is 1. The molecule has 312 valence electrons. The van der Waals surface area contributed by atoms with Crippen LogP contribution in [0.1, 0.15) is 132 Å². The predicted molar refractivity (Wildman–Crippen MR) is 252 cm³/mol. The molecule has 5 heteroatoms. The van der Waals surface area contributed by atoms with Gasteiger partial charge in [0.15, 0.2) is 0 Å². The van der Waals surface area contributed by atoms with E-state index in [-0.39, 0.29) is 71.7 Å². The van der Waals surface area contributed by atoms with E-state index in [2.05, 4.69) is 11.1 Å². The van der Waals surface area contributed by atoms with E-state index in [0.717, 1.165) is 0 Å². The average molecular weight is 1010 g/mol. The minimum Gasteiger partial charge on any atom is -0.507 e. The molecular weight excluding hydrogens is 926 g/mol. The van der Waals surface area contributed by atoms with E-state index in [9.17, 15) is 6.48 Å². The Labute approximate surface area is 420 Å². The molecule has 61 heavy (non-hydrogen) atoms. The van der Waals surface area contributed by atoms with Gasteiger partial charge in [0.2, 0.25) is 0 Å². The monoisotopic (exact) mass is 1010 g/mol. The number of aryl methyl sites for hydroxylation is 1. The van der Waals surface area contributed by atoms with Crippen LogP contribution in [0, 0.1) is 19.8 Å². The summed E-state index contributed by atoms with van der Waals surface area (Å²) in [6.45, 7) is -26.1. The van der Waals surface area contributed by atoms with Crippen molar-refractivity contribution >= 4 is 11.0 Å². The Morgan fingerprint density at radius 3 is 2.07 bits per heavy atom. The van der Waals surface area contributed by atoms with Crippen molar-refractivity contribution in [3.05, 3.63) is 167 Å². The minimum atomic E-state index is -4.32. The fraction of sp³-hybridized carbons (Fsp3) is 0.250. The van der Waals surface area contributed by atoms with E-state index in [1.165, 1.54) is 47.0 Å². The summed E-state index contributed by atoms with van der Waals surface area (Å²) in [6, 6.07) is 17.6. The van der Waals surface area contributed by atoms with E-state index < -0.39 is 164 Å². The molecule has 6 aromatic carbocycles. The maximum atomic E-state index is 13.0. The Balaban J connectivity index is 0.0000120. The van der Waals surface area contributed by atoms with Crippen molar-refractivity contribution in [3.8, 4) is 67.5 Å². The Kier molecular flexibility index (Phi) is 5.16. The van der Waals surface area contributed by atoms with Gasteiger partial charge in [-0.3, -0.25) is 9.55 Å². The van der Waals surface area contributed by atoms with Crippen LogP contribution in [0.25, 0.3) is 72.7 Å². The van der Waals surface area contributed by atoms with Gasteiger partial charge in [0.1, 0.15) is 11.6 Å². The van der Waals surface area contributed by atoms with E-state index in [1.54, 1.807) is 57.2 Å². The Morgan fingerprint density at radius 2 is 1.36 bits per heavy atom. The molecule has 1 N–H and O–H groups in total. The molecule has 0 saturated heterocycles. The zero-order valence-corrected chi connectivity index (χ0v) is 35.0. The van der Waals surface area contributed by atoms with Crippen LogP contribution in [0.5, 0.6) is 5.75 Å². The molecule has 0 bridgehead atoms. The van der Waals surface area contributed by atoms with Crippen LogP contribution < -0.4 is 0 Å². The Bertz CT molecular complexity index is 4100. The molecule has 0 fully saturated rings. The van der Waals surface area contributed by atoms with Gasteiger partial charge in [-0.1, -0.05) is 169 Å². The van der Waals surface area contributed by atoms with Crippen LogP contribution in [0.15, 0.2) is 133 Å². The van der Waals surface area contributed by atoms with Gasteiger partial charge in [0.05, 0.1) is 31.9 Å². The summed E-state index contributed by atoms with van der Waals surface area (Å²) in [5, 5.41) is 13.0. The Hall–Kier alpha value is -5.57. The first-order valence-corrected chi connectivity index (χ1v) is 18.5. The SMILES string of the molecule is [2H]c1nc(-c2[c-]c(-c3cccc4c3nc(-c3cc(C(C([2H])([2H])[2H])(C([2H])([2H])[2H])C([2H])([2H])[2H])cc(C(C([2H])([2H])[2H])(C([2H])([2H])[2H])C([2H])([2H])[2H])c3O)n4-c3ccc(C([2H])([2H])[2H])cc3-c3ccccc3)cc(C(C)(C)C)c2)c([2H])c(-c2c([2H])c([2H])c(C([2H])([2H])[2H])c([2H])c2[2H])c1[2H].[Pt]. The van der Waals surface area contributed by atoms with Crippen LogP contribution in [-0.4, -0.2) is 19.6 Å². The third-order valence-electron chi connectivity index (χ3n) is 9.94. The van der Waals surface area contributed by atoms with Gasteiger partial charge in [-0.15, -0.1) is 29.3 Å². The summed E-state index contributed by atoms with van der Waals surface area (Å²) >= 11 is 0. The summed E-state index contributed by atoms with van der Waals surface area (Å²) in [5.74, 6) is -2.30. The standard InChI is InChI=1S/C56H56N3O.Pt/c1-35-20-23-37(24-21-35)39-26-27-57-48(32-39)41-29-40(30-42(31-41)54(3,4)5)44-18-15-19-50-51(44)58-53(46-33-43(55(6,7)8)34-47(52(46)60)56(9,10)11)59(50)49-25-22-36(2)28-45(49)38-16-13-12-14-17-38;/h12-28,30-34,60H,1-11H3;/q-1;/i1D3,2D3,6D3,7D3,8D3,9D3,10D3,11D3,20D,21D,23D,24D,26D,27D,32D;. The third-order valence-corrected chi connectivity index (χ3v) is 9.94. The fourth-order valence-electron chi connectivity index (χ4n) is 6.91. The van der Waals surface area contributed by atoms with Gasteiger partial charge in [-0.2, -0.15) is 0 Å². The average Bonchev–Trinajstić information content (AvgIpc) is 0.815. The first kappa shape index (κ1) is 19.2. The summed E-state index contributed by atoms with van der Waals surface area (Å²) in [6.07, 6.45) is -0.835. The van der Waals surface area contributed by atoms with E-state index in [1.807, 2.05) is 0 Å². The topological polar surface area (TPSA) is 50.9 Å². The van der Waals surface area contributed by atoms with Crippen LogP contribution >= 0.6 is 0 Å². The summed E-state index contributed by atoms with van der Waals surface area (Å²) in [4.78, 5) is 9.24. The quantitative estimate of drug-likeness (QED) is 0.169. The van der Waals surface area contributed by atoms with Gasteiger partial charge in [0.25, 0.3) is 0 Å². The van der Waals surface area contributed by atoms with E-state index in [4.69, 9.17) is 46.1 Å². The largest absolute Gasteiger partial charge is 0.507 e. The number of para-hydroxylation sites is 1. The number of rotatable bonds is 6. The molecule has 0 unspecified atom stereocenters. The van der Waals surface area contributed by atoms with Gasteiger partial charge in [0, 0.05) is 77.0 Å². The van der Waals surface area contributed by atoms with Crippen molar-refractivity contribution in [1.82, 2.24) is 14.5 Å². The fourth-order valence-corrected chi connectivity index (χ4v) is 6.91. The number of imidazole rings is 1. The molecule has 2 aromatic heterocycles. The predicted octanol–water partition coefficient (Wildman–Crippen LogP) is 14.8. The molecule has 0 aliphatic heterocycles. The number of hydrogen-bond donors (Lipinski definition) is 1. The van der Waals surface area contributed by atoms with Crippen LogP contribution in [0.2, 0.25) is 0 Å². The number of nitrogens with zero attached hydrogens (tertiary/aromatic N) is 3. The second-order valence-electron chi connectivity index (χ2n) is 15.4. The van der Waals surface area contributed by atoms with E-state index >= 15 is 0 Å². The zero-order valence-electron chi connectivity index (χ0n) is 63.8. The molecule has 0 aliphatic rings. The van der Waals surface area contributed by atoms with Crippen molar-refractivity contribution in [2.75, 3.05) is 0 Å². The van der Waals surface area contributed by atoms with Crippen molar-refractivity contribution in [1.29, 1.82) is 0 Å². The minimum absolute atomic E-state index is 0. The summed E-state index contributed by atoms with van der Waals surface area (Å²) in [7, 11) is 0. The molecule has 0 radical (unpaired) electrons. The molecule has 0 aliphatic carbocycles. The van der Waals surface area contributed by atoms with Crippen molar-refractivity contribution in [2.24, 2.45) is 0 Å². The Morgan fingerprint density at radius 1 is 0.639 bits per heavy atom. The summed E-state index contributed by atoms with van der Waals surface area (Å²) < 4.78 is 270. The smallest absolute Gasteiger partial charge is 0.148 e. The number of hydrogen-bond acceptors (Lipinski definition) is 3. The molecule has 0 amide bonds. The first-order valence-electron chi connectivity index (χ1n) is 34.0. The molecule has 8 rings (SSSR count). The maximum absolute atomic E-state index is 13.0. The number of aromatic hydroxyl groups is 1. The molecule has 8 aromatic rings. The van der Waals surface area contributed by atoms with Crippen molar-refractivity contribution in [2.45, 2.75) is 91.8 Å². The molecule has 0 saturated carbocycles. The molecular formula is C56H56N3OPt-. The maximum Gasteiger partial charge on any atom is 0.148 e. The number of pyridine rings is 1. The molecule has 4 nitrogen and oxygen atoms in total. The van der Waals surface area contributed by atoms with Crippen LogP contribution in [0.3, 0.4) is 0 Å². The van der Waals surface area contributed by atoms with Crippen LogP contribution in [0.4, 0.5) is 0 Å². The second-order valence-corrected chi connectivity index (χ2v) is 15.4.